The molecule has 0 saturated carbocycles. The molecule has 1 aliphatic rings. The lowest BCUT2D eigenvalue weighted by Gasteiger charge is -2.17. The lowest BCUT2D eigenvalue weighted by atomic mass is 9.92. The minimum Gasteiger partial charge on any atom is -0.457 e. The molecule has 3 rings (SSSR count). The van der Waals surface area contributed by atoms with Gasteiger partial charge in [-0.15, -0.1) is 0 Å². The fourth-order valence-corrected chi connectivity index (χ4v) is 3.26. The second kappa shape index (κ2) is 6.04. The fraction of sp³-hybridized carbons (Fsp3) is 0.235. The third-order valence-electron chi connectivity index (χ3n) is 3.77. The molecule has 0 atom stereocenters. The summed E-state index contributed by atoms with van der Waals surface area (Å²) in [7, 11) is 0. The third kappa shape index (κ3) is 3.04. The predicted octanol–water partition coefficient (Wildman–Crippen LogP) is 4.65. The molecule has 0 spiro atoms. The Kier molecular flexibility index (Phi) is 4.13. The Labute approximate surface area is 134 Å². The molecule has 2 aromatic rings. The minimum atomic E-state index is 0.244. The fourth-order valence-electron chi connectivity index (χ4n) is 2.73. The summed E-state index contributed by atoms with van der Waals surface area (Å²) >= 11 is 11.2. The van der Waals surface area contributed by atoms with Gasteiger partial charge in [0.15, 0.2) is 0 Å². The zero-order valence-corrected chi connectivity index (χ0v) is 13.1. The van der Waals surface area contributed by atoms with Gasteiger partial charge in [0.2, 0.25) is 0 Å². The molecule has 0 aromatic heterocycles. The molecular formula is C17H16ClNOS. The molecule has 2 N–H and O–H groups in total. The van der Waals surface area contributed by atoms with Gasteiger partial charge in [0.25, 0.3) is 0 Å². The van der Waals surface area contributed by atoms with Crippen LogP contribution in [0.3, 0.4) is 0 Å². The van der Waals surface area contributed by atoms with Gasteiger partial charge in [-0.3, -0.25) is 0 Å². The van der Waals surface area contributed by atoms with Crippen molar-refractivity contribution in [3.8, 4) is 11.5 Å². The first-order valence-electron chi connectivity index (χ1n) is 7.03. The number of hydrogen-bond acceptors (Lipinski definition) is 2. The number of hydrogen-bond donors (Lipinski definition) is 1. The van der Waals surface area contributed by atoms with E-state index in [4.69, 9.17) is 34.3 Å². The number of rotatable bonds is 3. The number of fused-ring (bicyclic) bond motifs is 1. The third-order valence-corrected chi connectivity index (χ3v) is 4.29. The Morgan fingerprint density at radius 3 is 2.62 bits per heavy atom. The summed E-state index contributed by atoms with van der Waals surface area (Å²) in [5.74, 6) is 1.40. The molecule has 4 heteroatoms. The van der Waals surface area contributed by atoms with Crippen molar-refractivity contribution in [3.05, 3.63) is 58.1 Å². The highest BCUT2D eigenvalue weighted by Crippen LogP contribution is 2.32. The maximum absolute atomic E-state index is 6.16. The SMILES string of the molecule is NC(=S)c1c(Cl)cccc1Oc1ccc2c(c1)CCCC2. The summed E-state index contributed by atoms with van der Waals surface area (Å²) in [6.45, 7) is 0. The summed E-state index contributed by atoms with van der Waals surface area (Å²) in [4.78, 5) is 0.244. The molecule has 0 saturated heterocycles. The Hall–Kier alpha value is -1.58. The maximum atomic E-state index is 6.16. The quantitative estimate of drug-likeness (QED) is 0.837. The molecule has 108 valence electrons. The van der Waals surface area contributed by atoms with Gasteiger partial charge in [0, 0.05) is 0 Å². The molecule has 2 nitrogen and oxygen atoms in total. The monoisotopic (exact) mass is 317 g/mol. The molecule has 2 aromatic carbocycles. The minimum absolute atomic E-state index is 0.244. The number of nitrogens with two attached hydrogens (primary N) is 1. The summed E-state index contributed by atoms with van der Waals surface area (Å²) in [6, 6.07) is 11.7. The van der Waals surface area contributed by atoms with E-state index in [2.05, 4.69) is 12.1 Å². The van der Waals surface area contributed by atoms with Crippen molar-refractivity contribution in [1.82, 2.24) is 0 Å². The van der Waals surface area contributed by atoms with Crippen LogP contribution in [0.1, 0.15) is 29.5 Å². The van der Waals surface area contributed by atoms with Crippen LogP contribution < -0.4 is 10.5 Å². The highest BCUT2D eigenvalue weighted by molar-refractivity contribution is 7.80. The van der Waals surface area contributed by atoms with Crippen LogP contribution in [0.25, 0.3) is 0 Å². The van der Waals surface area contributed by atoms with Gasteiger partial charge in [-0.25, -0.2) is 0 Å². The molecule has 0 heterocycles. The Balaban J connectivity index is 1.94. The zero-order valence-electron chi connectivity index (χ0n) is 11.6. The van der Waals surface area contributed by atoms with E-state index in [0.717, 1.165) is 18.6 Å². The highest BCUT2D eigenvalue weighted by atomic mass is 35.5. The van der Waals surface area contributed by atoms with Crippen LogP contribution >= 0.6 is 23.8 Å². The maximum Gasteiger partial charge on any atom is 0.139 e. The zero-order chi connectivity index (χ0) is 14.8. The summed E-state index contributed by atoms with van der Waals surface area (Å²) in [6.07, 6.45) is 4.79. The van der Waals surface area contributed by atoms with Crippen LogP contribution in [0.2, 0.25) is 5.02 Å². The molecule has 0 radical (unpaired) electrons. The van der Waals surface area contributed by atoms with E-state index in [0.29, 0.717) is 16.3 Å². The molecule has 0 aliphatic heterocycles. The van der Waals surface area contributed by atoms with Gasteiger partial charge in [-0.1, -0.05) is 36.0 Å². The first kappa shape index (κ1) is 14.4. The number of thiocarbonyl (C=S) groups is 1. The number of halogens is 1. The average Bonchev–Trinajstić information content (AvgIpc) is 2.47. The van der Waals surface area contributed by atoms with E-state index in [9.17, 15) is 0 Å². The number of benzene rings is 2. The van der Waals surface area contributed by atoms with Crippen LogP contribution in [0.4, 0.5) is 0 Å². The van der Waals surface area contributed by atoms with Crippen molar-refractivity contribution in [3.63, 3.8) is 0 Å². The van der Waals surface area contributed by atoms with Crippen LogP contribution in [0.5, 0.6) is 11.5 Å². The van der Waals surface area contributed by atoms with E-state index < -0.39 is 0 Å². The highest BCUT2D eigenvalue weighted by Gasteiger charge is 2.14. The second-order valence-electron chi connectivity index (χ2n) is 5.22. The van der Waals surface area contributed by atoms with Crippen LogP contribution in [-0.4, -0.2) is 4.99 Å². The average molecular weight is 318 g/mol. The number of ether oxygens (including phenoxy) is 1. The topological polar surface area (TPSA) is 35.2 Å². The normalized spacial score (nSPS) is 13.6. The van der Waals surface area contributed by atoms with E-state index in [1.54, 1.807) is 6.07 Å². The summed E-state index contributed by atoms with van der Waals surface area (Å²) in [5.41, 5.74) is 9.13. The summed E-state index contributed by atoms with van der Waals surface area (Å²) < 4.78 is 5.97. The number of aryl methyl sites for hydroxylation is 2. The van der Waals surface area contributed by atoms with Crippen molar-refractivity contribution in [1.29, 1.82) is 0 Å². The molecule has 1 aliphatic carbocycles. The lowest BCUT2D eigenvalue weighted by Crippen LogP contribution is -2.11. The Bertz CT molecular complexity index is 699. The van der Waals surface area contributed by atoms with Crippen molar-refractivity contribution in [2.24, 2.45) is 5.73 Å². The van der Waals surface area contributed by atoms with Crippen LogP contribution in [0, 0.1) is 0 Å². The van der Waals surface area contributed by atoms with Gasteiger partial charge in [-0.05, 0) is 61.1 Å². The van der Waals surface area contributed by atoms with E-state index in [-0.39, 0.29) is 4.99 Å². The van der Waals surface area contributed by atoms with E-state index >= 15 is 0 Å². The van der Waals surface area contributed by atoms with Crippen molar-refractivity contribution < 1.29 is 4.74 Å². The Morgan fingerprint density at radius 1 is 1.10 bits per heavy atom. The molecule has 0 unspecified atom stereocenters. The smallest absolute Gasteiger partial charge is 0.139 e. The van der Waals surface area contributed by atoms with Gasteiger partial charge < -0.3 is 10.5 Å². The molecule has 21 heavy (non-hydrogen) atoms. The summed E-state index contributed by atoms with van der Waals surface area (Å²) in [5, 5.41) is 0.512. The lowest BCUT2D eigenvalue weighted by molar-refractivity contribution is 0.480. The van der Waals surface area contributed by atoms with Crippen molar-refractivity contribution in [2.45, 2.75) is 25.7 Å². The second-order valence-corrected chi connectivity index (χ2v) is 6.06. The van der Waals surface area contributed by atoms with Crippen LogP contribution in [-0.2, 0) is 12.8 Å². The first-order chi connectivity index (χ1) is 10.1. The molecule has 0 fully saturated rings. The Morgan fingerprint density at radius 2 is 1.86 bits per heavy atom. The van der Waals surface area contributed by atoms with Gasteiger partial charge in [-0.2, -0.15) is 0 Å². The molecule has 0 amide bonds. The molecular weight excluding hydrogens is 302 g/mol. The van der Waals surface area contributed by atoms with E-state index in [1.165, 1.54) is 24.0 Å². The van der Waals surface area contributed by atoms with Crippen molar-refractivity contribution in [2.75, 3.05) is 0 Å². The van der Waals surface area contributed by atoms with Crippen LogP contribution in [0.15, 0.2) is 36.4 Å². The predicted molar refractivity (Wildman–Crippen MR) is 90.5 cm³/mol. The largest absolute Gasteiger partial charge is 0.457 e. The van der Waals surface area contributed by atoms with Gasteiger partial charge in [0.1, 0.15) is 16.5 Å². The first-order valence-corrected chi connectivity index (χ1v) is 7.82. The van der Waals surface area contributed by atoms with E-state index in [1.807, 2.05) is 18.2 Å². The van der Waals surface area contributed by atoms with Gasteiger partial charge in [0.05, 0.1) is 10.6 Å². The molecule has 0 bridgehead atoms. The standard InChI is InChI=1S/C17H16ClNOS/c18-14-6-3-7-15(16(14)17(19)21)20-13-9-8-11-4-1-2-5-12(11)10-13/h3,6-10H,1-2,4-5H2,(H2,19,21). The van der Waals surface area contributed by atoms with Gasteiger partial charge >= 0.3 is 0 Å². The van der Waals surface area contributed by atoms with Crippen molar-refractivity contribution >= 4 is 28.8 Å².